The lowest BCUT2D eigenvalue weighted by molar-refractivity contribution is 0.224. The second kappa shape index (κ2) is 6.50. The smallest absolute Gasteiger partial charge is 0.0297 e. The largest absolute Gasteiger partial charge is 0.126 e. The molecule has 1 aliphatic carbocycles. The fraction of sp³-hybridized carbons (Fsp3) is 0.647. The third kappa shape index (κ3) is 3.11. The van der Waals surface area contributed by atoms with Gasteiger partial charge in [-0.05, 0) is 55.7 Å². The molecule has 19 heavy (non-hydrogen) atoms. The molecule has 2 rings (SSSR count). The summed E-state index contributed by atoms with van der Waals surface area (Å²) in [4.78, 5) is 0. The molecule has 0 atom stereocenters. The van der Waals surface area contributed by atoms with Crippen molar-refractivity contribution in [1.82, 2.24) is 0 Å². The van der Waals surface area contributed by atoms with Crippen molar-refractivity contribution in [2.45, 2.75) is 46.0 Å². The minimum atomic E-state index is 0.0798. The first-order valence-corrected chi connectivity index (χ1v) is 8.37. The zero-order valence-corrected chi connectivity index (χ0v) is 13.5. The van der Waals surface area contributed by atoms with Gasteiger partial charge in [0.1, 0.15) is 0 Å². The molecule has 1 aromatic carbocycles. The number of alkyl halides is 2. The van der Waals surface area contributed by atoms with Gasteiger partial charge in [-0.25, -0.2) is 0 Å². The summed E-state index contributed by atoms with van der Waals surface area (Å²) in [5.41, 5.74) is 4.28. The molecule has 0 bridgehead atoms. The highest BCUT2D eigenvalue weighted by Crippen LogP contribution is 2.44. The third-order valence-corrected chi connectivity index (χ3v) is 5.99. The summed E-state index contributed by atoms with van der Waals surface area (Å²) in [5.74, 6) is 2.05. The molecular weight excluding hydrogens is 275 g/mol. The maximum Gasteiger partial charge on any atom is 0.0297 e. The Morgan fingerprint density at radius 1 is 1.05 bits per heavy atom. The van der Waals surface area contributed by atoms with Crippen molar-refractivity contribution in [3.05, 3.63) is 34.9 Å². The summed E-state index contributed by atoms with van der Waals surface area (Å²) in [6, 6.07) is 6.53. The van der Waals surface area contributed by atoms with E-state index in [2.05, 4.69) is 32.0 Å². The monoisotopic (exact) mass is 298 g/mol. The van der Waals surface area contributed by atoms with Gasteiger partial charge in [0.25, 0.3) is 0 Å². The minimum Gasteiger partial charge on any atom is -0.126 e. The first-order valence-electron chi connectivity index (χ1n) is 7.30. The Kier molecular flexibility index (Phi) is 5.20. The van der Waals surface area contributed by atoms with Crippen LogP contribution in [0.2, 0.25) is 0 Å². The van der Waals surface area contributed by atoms with E-state index < -0.39 is 0 Å². The van der Waals surface area contributed by atoms with Crippen LogP contribution in [0.3, 0.4) is 0 Å². The van der Waals surface area contributed by atoms with Crippen LogP contribution < -0.4 is 0 Å². The Balaban J connectivity index is 2.30. The molecule has 106 valence electrons. The summed E-state index contributed by atoms with van der Waals surface area (Å²) in [5, 5.41) is 0. The highest BCUT2D eigenvalue weighted by Gasteiger charge is 2.39. The number of aryl methyl sites for hydroxylation is 2. The van der Waals surface area contributed by atoms with Crippen molar-refractivity contribution in [2.24, 2.45) is 11.3 Å². The average molecular weight is 299 g/mol. The molecule has 0 saturated heterocycles. The van der Waals surface area contributed by atoms with Crippen LogP contribution in [0, 0.1) is 25.2 Å². The zero-order valence-electron chi connectivity index (χ0n) is 12.0. The lowest BCUT2D eigenvalue weighted by atomic mass is 9.72. The van der Waals surface area contributed by atoms with Gasteiger partial charge in [-0.3, -0.25) is 0 Å². The van der Waals surface area contributed by atoms with Gasteiger partial charge in [-0.2, -0.15) is 0 Å². The van der Waals surface area contributed by atoms with E-state index >= 15 is 0 Å². The van der Waals surface area contributed by atoms with Crippen LogP contribution in [-0.2, 0) is 6.42 Å². The fourth-order valence-corrected chi connectivity index (χ4v) is 4.42. The molecule has 0 unspecified atom stereocenters. The second-order valence-electron chi connectivity index (χ2n) is 6.16. The van der Waals surface area contributed by atoms with E-state index in [1.165, 1.54) is 42.4 Å². The average Bonchev–Trinajstić information content (AvgIpc) is 2.94. The fourth-order valence-electron chi connectivity index (χ4n) is 3.51. The lowest BCUT2D eigenvalue weighted by Gasteiger charge is -2.37. The summed E-state index contributed by atoms with van der Waals surface area (Å²) < 4.78 is 0. The predicted octanol–water partition coefficient (Wildman–Crippen LogP) is 5.50. The number of rotatable bonds is 5. The highest BCUT2D eigenvalue weighted by molar-refractivity contribution is 6.21. The summed E-state index contributed by atoms with van der Waals surface area (Å²) in [6.45, 7) is 4.40. The molecule has 0 aliphatic heterocycles. The topological polar surface area (TPSA) is 0 Å². The molecule has 1 saturated carbocycles. The van der Waals surface area contributed by atoms with Crippen LogP contribution in [0.5, 0.6) is 0 Å². The first-order chi connectivity index (χ1) is 9.13. The van der Waals surface area contributed by atoms with Crippen molar-refractivity contribution in [2.75, 3.05) is 11.8 Å². The predicted molar refractivity (Wildman–Crippen MR) is 85.5 cm³/mol. The Labute approximate surface area is 127 Å². The highest BCUT2D eigenvalue weighted by atomic mass is 35.5. The molecule has 0 N–H and O–H groups in total. The van der Waals surface area contributed by atoms with Gasteiger partial charge in [0.2, 0.25) is 0 Å². The van der Waals surface area contributed by atoms with E-state index in [1.54, 1.807) is 0 Å². The number of benzene rings is 1. The van der Waals surface area contributed by atoms with Gasteiger partial charge in [-0.1, -0.05) is 31.0 Å². The van der Waals surface area contributed by atoms with Gasteiger partial charge in [0, 0.05) is 17.2 Å². The zero-order chi connectivity index (χ0) is 13.9. The summed E-state index contributed by atoms with van der Waals surface area (Å²) in [7, 11) is 0. The molecule has 2 heteroatoms. The van der Waals surface area contributed by atoms with Crippen molar-refractivity contribution in [3.63, 3.8) is 0 Å². The molecule has 0 amide bonds. The number of halogens is 2. The van der Waals surface area contributed by atoms with E-state index in [-0.39, 0.29) is 5.41 Å². The molecule has 1 aliphatic rings. The maximum absolute atomic E-state index is 6.37. The van der Waals surface area contributed by atoms with Crippen LogP contribution in [0.4, 0.5) is 0 Å². The second-order valence-corrected chi connectivity index (χ2v) is 6.69. The SMILES string of the molecule is Cc1cccc(C)c1CC(CCl)(CCl)C1CCCC1. The normalized spacial score (nSPS) is 17.1. The molecule has 1 aromatic rings. The maximum atomic E-state index is 6.37. The van der Waals surface area contributed by atoms with E-state index in [0.29, 0.717) is 17.7 Å². The van der Waals surface area contributed by atoms with Crippen molar-refractivity contribution < 1.29 is 0 Å². The third-order valence-electron chi connectivity index (χ3n) is 4.93. The van der Waals surface area contributed by atoms with Crippen LogP contribution in [0.15, 0.2) is 18.2 Å². The first kappa shape index (κ1) is 15.2. The van der Waals surface area contributed by atoms with Gasteiger partial charge in [-0.15, -0.1) is 23.2 Å². The molecule has 0 radical (unpaired) electrons. The van der Waals surface area contributed by atoms with E-state index in [9.17, 15) is 0 Å². The number of hydrogen-bond acceptors (Lipinski definition) is 0. The lowest BCUT2D eigenvalue weighted by Crippen LogP contribution is -2.36. The van der Waals surface area contributed by atoms with Gasteiger partial charge in [0.15, 0.2) is 0 Å². The summed E-state index contributed by atoms with van der Waals surface area (Å²) in [6.07, 6.45) is 6.30. The molecule has 0 nitrogen and oxygen atoms in total. The molecule has 0 spiro atoms. The molecular formula is C17H24Cl2. The van der Waals surface area contributed by atoms with Crippen LogP contribution in [0.1, 0.15) is 42.4 Å². The van der Waals surface area contributed by atoms with E-state index in [0.717, 1.165) is 6.42 Å². The van der Waals surface area contributed by atoms with Crippen molar-refractivity contribution in [3.8, 4) is 0 Å². The van der Waals surface area contributed by atoms with Crippen LogP contribution in [-0.4, -0.2) is 11.8 Å². The van der Waals surface area contributed by atoms with E-state index in [1.807, 2.05) is 0 Å². The van der Waals surface area contributed by atoms with Gasteiger partial charge >= 0.3 is 0 Å². The standard InChI is InChI=1S/C17H24Cl2/c1-13-6-5-7-14(2)16(13)10-17(11-18,12-19)15-8-3-4-9-15/h5-7,15H,3-4,8-12H2,1-2H3. The Morgan fingerprint density at radius 3 is 2.05 bits per heavy atom. The van der Waals surface area contributed by atoms with Crippen molar-refractivity contribution >= 4 is 23.2 Å². The quantitative estimate of drug-likeness (QED) is 0.630. The number of hydrogen-bond donors (Lipinski definition) is 0. The van der Waals surface area contributed by atoms with Gasteiger partial charge in [0.05, 0.1) is 0 Å². The van der Waals surface area contributed by atoms with Crippen LogP contribution >= 0.6 is 23.2 Å². The van der Waals surface area contributed by atoms with E-state index in [4.69, 9.17) is 23.2 Å². The molecule has 0 aromatic heterocycles. The Morgan fingerprint density at radius 2 is 1.58 bits per heavy atom. The minimum absolute atomic E-state index is 0.0798. The van der Waals surface area contributed by atoms with Gasteiger partial charge < -0.3 is 0 Å². The molecule has 0 heterocycles. The van der Waals surface area contributed by atoms with Crippen LogP contribution in [0.25, 0.3) is 0 Å². The Hall–Kier alpha value is -0.200. The molecule has 1 fully saturated rings. The Bertz CT molecular complexity index is 395. The summed E-state index contributed by atoms with van der Waals surface area (Å²) >= 11 is 12.7. The van der Waals surface area contributed by atoms with Crippen molar-refractivity contribution in [1.29, 1.82) is 0 Å².